The maximum Gasteiger partial charge on any atom is 0.338 e. The van der Waals surface area contributed by atoms with E-state index >= 15 is 0 Å². The Balaban J connectivity index is 2.62. The van der Waals surface area contributed by atoms with Crippen LogP contribution < -0.4 is 5.32 Å². The first-order valence-electron chi connectivity index (χ1n) is 4.69. The fourth-order valence-electron chi connectivity index (χ4n) is 1.56. The van der Waals surface area contributed by atoms with Crippen molar-refractivity contribution in [2.75, 3.05) is 13.1 Å². The van der Waals surface area contributed by atoms with Crippen molar-refractivity contribution in [3.63, 3.8) is 0 Å². The Morgan fingerprint density at radius 2 is 2.31 bits per heavy atom. The Labute approximate surface area is 91.0 Å². The van der Waals surface area contributed by atoms with Crippen molar-refractivity contribution in [1.82, 2.24) is 10.3 Å². The number of aldehydes is 1. The van der Waals surface area contributed by atoms with Gasteiger partial charge in [-0.25, -0.2) is 4.79 Å². The number of carbonyl (C=O) groups is 2. The van der Waals surface area contributed by atoms with E-state index in [0.29, 0.717) is 30.8 Å². The molecule has 0 radical (unpaired) electrons. The summed E-state index contributed by atoms with van der Waals surface area (Å²) in [6.07, 6.45) is 3.13. The summed E-state index contributed by atoms with van der Waals surface area (Å²) < 4.78 is 0. The molecule has 0 unspecified atom stereocenters. The number of carboxylic acid groups (broad SMARTS) is 1. The van der Waals surface area contributed by atoms with E-state index < -0.39 is 5.97 Å². The zero-order chi connectivity index (χ0) is 11.5. The van der Waals surface area contributed by atoms with Crippen LogP contribution in [-0.4, -0.2) is 41.3 Å². The van der Waals surface area contributed by atoms with Gasteiger partial charge in [0, 0.05) is 30.1 Å². The molecule has 2 N–H and O–H groups in total. The molecule has 2 rings (SSSR count). The Bertz CT molecular complexity index is 482. The van der Waals surface area contributed by atoms with Gasteiger partial charge in [-0.1, -0.05) is 0 Å². The average Bonchev–Trinajstić information content (AvgIpc) is 2.81. The molecule has 0 aliphatic carbocycles. The van der Waals surface area contributed by atoms with Crippen molar-refractivity contribution in [2.24, 2.45) is 4.99 Å². The van der Waals surface area contributed by atoms with Gasteiger partial charge in [0.05, 0.1) is 12.1 Å². The lowest BCUT2D eigenvalue weighted by Gasteiger charge is -2.08. The minimum atomic E-state index is -1.12. The number of carboxylic acids is 1. The van der Waals surface area contributed by atoms with E-state index in [9.17, 15) is 9.59 Å². The van der Waals surface area contributed by atoms with E-state index in [1.54, 1.807) is 0 Å². The molecule has 6 nitrogen and oxygen atoms in total. The summed E-state index contributed by atoms with van der Waals surface area (Å²) >= 11 is 0. The van der Waals surface area contributed by atoms with Crippen molar-refractivity contribution in [1.29, 1.82) is 0 Å². The van der Waals surface area contributed by atoms with E-state index in [1.807, 2.05) is 0 Å². The Morgan fingerprint density at radius 3 is 2.88 bits per heavy atom. The molecule has 0 saturated carbocycles. The highest BCUT2D eigenvalue weighted by Crippen LogP contribution is 2.14. The molecule has 2 heterocycles. The largest absolute Gasteiger partial charge is 0.478 e. The summed E-state index contributed by atoms with van der Waals surface area (Å²) in [5.74, 6) is -0.676. The summed E-state index contributed by atoms with van der Waals surface area (Å²) in [7, 11) is 0. The van der Waals surface area contributed by atoms with E-state index in [0.717, 1.165) is 0 Å². The summed E-state index contributed by atoms with van der Waals surface area (Å²) in [4.78, 5) is 29.7. The summed E-state index contributed by atoms with van der Waals surface area (Å²) in [6.45, 7) is 1.23. The molecule has 0 aromatic carbocycles. The topological polar surface area (TPSA) is 91.7 Å². The summed E-state index contributed by atoms with van der Waals surface area (Å²) in [5, 5.41) is 12.0. The molecule has 0 bridgehead atoms. The minimum absolute atomic E-state index is 0.0160. The number of aliphatic imine (C=N–C) groups is 1. The van der Waals surface area contributed by atoms with Crippen LogP contribution in [0.5, 0.6) is 0 Å². The van der Waals surface area contributed by atoms with Crippen LogP contribution in [-0.2, 0) is 0 Å². The highest BCUT2D eigenvalue weighted by Gasteiger charge is 2.20. The lowest BCUT2D eigenvalue weighted by molar-refractivity contribution is 0.0696. The molecule has 1 aliphatic heterocycles. The van der Waals surface area contributed by atoms with Crippen LogP contribution >= 0.6 is 0 Å². The Hall–Kier alpha value is -2.24. The van der Waals surface area contributed by atoms with E-state index in [-0.39, 0.29) is 11.1 Å². The number of nitrogens with zero attached hydrogens (tertiary/aromatic N) is 2. The molecule has 1 aromatic heterocycles. The van der Waals surface area contributed by atoms with Gasteiger partial charge in [0.15, 0.2) is 6.29 Å². The number of aromatic nitrogens is 1. The van der Waals surface area contributed by atoms with Gasteiger partial charge < -0.3 is 10.4 Å². The third-order valence-electron chi connectivity index (χ3n) is 2.24. The van der Waals surface area contributed by atoms with Crippen LogP contribution in [0.3, 0.4) is 0 Å². The molecule has 0 fully saturated rings. The van der Waals surface area contributed by atoms with Gasteiger partial charge in [-0.15, -0.1) is 0 Å². The second-order valence-corrected chi connectivity index (χ2v) is 3.23. The molecule has 16 heavy (non-hydrogen) atoms. The normalized spacial score (nSPS) is 14.1. The standard InChI is InChI=1S/C10H9N3O3/c14-5-6-3-11-4-7(10(15)16)8(6)9-12-1-2-13-9/h3-5H,1-2H2,(H,12,13)(H,15,16). The van der Waals surface area contributed by atoms with Crippen LogP contribution in [0.1, 0.15) is 26.3 Å². The van der Waals surface area contributed by atoms with Gasteiger partial charge in [-0.05, 0) is 0 Å². The maximum atomic E-state index is 11.0. The first-order chi connectivity index (χ1) is 7.74. The first-order valence-corrected chi connectivity index (χ1v) is 4.69. The molecule has 1 aromatic rings. The molecule has 0 saturated heterocycles. The average molecular weight is 219 g/mol. The second kappa shape index (κ2) is 4.09. The Morgan fingerprint density at radius 1 is 1.50 bits per heavy atom. The predicted molar refractivity (Wildman–Crippen MR) is 56.0 cm³/mol. The van der Waals surface area contributed by atoms with Crippen molar-refractivity contribution >= 4 is 18.1 Å². The van der Waals surface area contributed by atoms with Gasteiger partial charge >= 0.3 is 5.97 Å². The molecule has 0 spiro atoms. The zero-order valence-electron chi connectivity index (χ0n) is 8.30. The number of hydrogen-bond donors (Lipinski definition) is 2. The van der Waals surface area contributed by atoms with Crippen LogP contribution in [0, 0.1) is 0 Å². The number of rotatable bonds is 3. The van der Waals surface area contributed by atoms with E-state index in [1.165, 1.54) is 12.4 Å². The molecule has 82 valence electrons. The molecule has 6 heteroatoms. The second-order valence-electron chi connectivity index (χ2n) is 3.23. The van der Waals surface area contributed by atoms with Crippen molar-refractivity contribution < 1.29 is 14.7 Å². The van der Waals surface area contributed by atoms with E-state index in [2.05, 4.69) is 15.3 Å². The molecule has 0 amide bonds. The number of nitrogens with one attached hydrogen (secondary N) is 1. The number of pyridine rings is 1. The Kier molecular flexibility index (Phi) is 2.63. The fraction of sp³-hybridized carbons (Fsp3) is 0.200. The number of aromatic carboxylic acids is 1. The lowest BCUT2D eigenvalue weighted by atomic mass is 10.0. The fourth-order valence-corrected chi connectivity index (χ4v) is 1.56. The van der Waals surface area contributed by atoms with Gasteiger partial charge in [-0.3, -0.25) is 14.8 Å². The number of hydrogen-bond acceptors (Lipinski definition) is 5. The van der Waals surface area contributed by atoms with Gasteiger partial charge in [0.1, 0.15) is 5.84 Å². The van der Waals surface area contributed by atoms with E-state index in [4.69, 9.17) is 5.11 Å². The summed E-state index contributed by atoms with van der Waals surface area (Å²) in [6, 6.07) is 0. The maximum absolute atomic E-state index is 11.0. The van der Waals surface area contributed by atoms with Gasteiger partial charge in [0.2, 0.25) is 0 Å². The van der Waals surface area contributed by atoms with Gasteiger partial charge in [-0.2, -0.15) is 0 Å². The minimum Gasteiger partial charge on any atom is -0.478 e. The zero-order valence-corrected chi connectivity index (χ0v) is 8.30. The molecular weight excluding hydrogens is 210 g/mol. The smallest absolute Gasteiger partial charge is 0.338 e. The van der Waals surface area contributed by atoms with Crippen LogP contribution in [0.15, 0.2) is 17.4 Å². The van der Waals surface area contributed by atoms with Crippen molar-refractivity contribution in [2.45, 2.75) is 0 Å². The third kappa shape index (κ3) is 1.65. The molecule has 1 aliphatic rings. The van der Waals surface area contributed by atoms with Crippen LogP contribution in [0.2, 0.25) is 0 Å². The lowest BCUT2D eigenvalue weighted by Crippen LogP contribution is -2.24. The number of carbonyl (C=O) groups excluding carboxylic acids is 1. The van der Waals surface area contributed by atoms with Gasteiger partial charge in [0.25, 0.3) is 0 Å². The van der Waals surface area contributed by atoms with Crippen LogP contribution in [0.4, 0.5) is 0 Å². The first kappa shape index (κ1) is 10.3. The molecular formula is C10H9N3O3. The third-order valence-corrected chi connectivity index (χ3v) is 2.24. The SMILES string of the molecule is O=Cc1cncc(C(=O)O)c1C1=NCCN1. The summed E-state index contributed by atoms with van der Waals surface area (Å²) in [5.41, 5.74) is 0.529. The highest BCUT2D eigenvalue weighted by atomic mass is 16.4. The van der Waals surface area contributed by atoms with Crippen LogP contribution in [0.25, 0.3) is 0 Å². The molecule has 0 atom stereocenters. The van der Waals surface area contributed by atoms with Crippen molar-refractivity contribution in [3.05, 3.63) is 29.1 Å². The van der Waals surface area contributed by atoms with Crippen molar-refractivity contribution in [3.8, 4) is 0 Å². The predicted octanol–water partition coefficient (Wildman–Crippen LogP) is -0.0579. The highest BCUT2D eigenvalue weighted by molar-refractivity contribution is 6.12. The number of amidine groups is 1. The quantitative estimate of drug-likeness (QED) is 0.695. The monoisotopic (exact) mass is 219 g/mol.